The van der Waals surface area contributed by atoms with E-state index in [-0.39, 0.29) is 12.1 Å². The summed E-state index contributed by atoms with van der Waals surface area (Å²) in [5.41, 5.74) is 1.30. The molecule has 2 amide bonds. The van der Waals surface area contributed by atoms with Crippen LogP contribution in [-0.4, -0.2) is 61.4 Å². The van der Waals surface area contributed by atoms with Gasteiger partial charge in [-0.1, -0.05) is 0 Å². The van der Waals surface area contributed by atoms with Gasteiger partial charge in [0.05, 0.1) is 0 Å². The minimum absolute atomic E-state index is 0.0742. The van der Waals surface area contributed by atoms with Crippen molar-refractivity contribution in [2.24, 2.45) is 0 Å². The van der Waals surface area contributed by atoms with Gasteiger partial charge in [0.1, 0.15) is 0 Å². The summed E-state index contributed by atoms with van der Waals surface area (Å²) in [7, 11) is 5.56. The maximum atomic E-state index is 12.3. The van der Waals surface area contributed by atoms with E-state index in [4.69, 9.17) is 0 Å². The predicted octanol–water partition coefficient (Wildman–Crippen LogP) is 6.39. The average Bonchev–Trinajstić information content (AvgIpc) is 2.60. The number of urea groups is 1. The van der Waals surface area contributed by atoms with Gasteiger partial charge in [-0.25, -0.2) is 0 Å². The van der Waals surface area contributed by atoms with Crippen LogP contribution in [0.1, 0.15) is 66.2 Å². The third-order valence-corrected chi connectivity index (χ3v) is 21.2. The van der Waals surface area contributed by atoms with Gasteiger partial charge in [0.25, 0.3) is 0 Å². The summed E-state index contributed by atoms with van der Waals surface area (Å²) in [6, 6.07) is 0.209. The van der Waals surface area contributed by atoms with Crippen molar-refractivity contribution in [2.45, 2.75) is 90.0 Å². The van der Waals surface area contributed by atoms with Crippen LogP contribution in [0.15, 0.2) is 12.2 Å². The van der Waals surface area contributed by atoms with Crippen LogP contribution in [0.3, 0.4) is 0 Å². The standard InChI is InChI=1S/C9H17N2O.3C4H9.Sn/c1-7(2)8(3)11(6)9(12)10(4)5;3*1-3-4-2;/h8H,1-2H2,3-6H3;3*1,3-4H2,2H3;. The van der Waals surface area contributed by atoms with Crippen molar-refractivity contribution in [3.05, 3.63) is 12.2 Å². The molecule has 148 valence electrons. The van der Waals surface area contributed by atoms with Gasteiger partial charge < -0.3 is 0 Å². The number of amides is 2. The Morgan fingerprint density at radius 2 is 1.32 bits per heavy atom. The number of rotatable bonds is 13. The average molecular weight is 459 g/mol. The molecule has 0 aliphatic heterocycles. The van der Waals surface area contributed by atoms with E-state index in [1.165, 1.54) is 61.8 Å². The first-order chi connectivity index (χ1) is 11.7. The Morgan fingerprint density at radius 1 is 0.920 bits per heavy atom. The van der Waals surface area contributed by atoms with E-state index in [2.05, 4.69) is 34.3 Å². The zero-order valence-electron chi connectivity index (χ0n) is 18.2. The van der Waals surface area contributed by atoms with Crippen molar-refractivity contribution in [1.82, 2.24) is 9.80 Å². The van der Waals surface area contributed by atoms with Crippen LogP contribution in [0.4, 0.5) is 4.79 Å². The Labute approximate surface area is 162 Å². The maximum absolute atomic E-state index is 12.3. The second kappa shape index (κ2) is 13.0. The number of hydrogen-bond donors (Lipinski definition) is 0. The second-order valence-corrected chi connectivity index (χ2v) is 22.0. The van der Waals surface area contributed by atoms with Gasteiger partial charge >= 0.3 is 162 Å². The first kappa shape index (κ1) is 24.8. The van der Waals surface area contributed by atoms with E-state index in [0.29, 0.717) is 0 Å². The van der Waals surface area contributed by atoms with Crippen LogP contribution in [0.2, 0.25) is 17.7 Å². The Balaban J connectivity index is 5.21. The number of unbranched alkanes of at least 4 members (excludes halogenated alkanes) is 3. The second-order valence-electron chi connectivity index (χ2n) is 8.11. The molecule has 0 saturated carbocycles. The van der Waals surface area contributed by atoms with Crippen molar-refractivity contribution in [1.29, 1.82) is 0 Å². The van der Waals surface area contributed by atoms with Crippen LogP contribution in [0, 0.1) is 0 Å². The quantitative estimate of drug-likeness (QED) is 0.231. The first-order valence-corrected chi connectivity index (χ1v) is 18.4. The van der Waals surface area contributed by atoms with Gasteiger partial charge in [-0.3, -0.25) is 0 Å². The van der Waals surface area contributed by atoms with E-state index in [1.807, 2.05) is 26.0 Å². The predicted molar refractivity (Wildman–Crippen MR) is 115 cm³/mol. The summed E-state index contributed by atoms with van der Waals surface area (Å²) < 4.78 is 5.77. The zero-order valence-corrected chi connectivity index (χ0v) is 21.0. The fraction of sp³-hybridized carbons (Fsp3) is 0.857. The van der Waals surface area contributed by atoms with E-state index < -0.39 is 18.4 Å². The molecule has 0 N–H and O–H groups in total. The Kier molecular flexibility index (Phi) is 12.9. The third-order valence-electron chi connectivity index (χ3n) is 5.64. The van der Waals surface area contributed by atoms with Crippen molar-refractivity contribution in [2.75, 3.05) is 21.1 Å². The molecular weight excluding hydrogens is 415 g/mol. The fourth-order valence-corrected chi connectivity index (χ4v) is 20.4. The minimum atomic E-state index is -2.22. The molecule has 4 heteroatoms. The number of carbonyl (C=O) groups is 1. The van der Waals surface area contributed by atoms with Crippen molar-refractivity contribution < 1.29 is 4.79 Å². The summed E-state index contributed by atoms with van der Waals surface area (Å²) in [5.74, 6) is 0. The van der Waals surface area contributed by atoms with Crippen LogP contribution in [0.25, 0.3) is 0 Å². The molecule has 25 heavy (non-hydrogen) atoms. The van der Waals surface area contributed by atoms with Crippen molar-refractivity contribution in [3.63, 3.8) is 0 Å². The summed E-state index contributed by atoms with van der Waals surface area (Å²) in [6.45, 7) is 13.6. The number of nitrogens with zero attached hydrogens (tertiary/aromatic N) is 2. The van der Waals surface area contributed by atoms with Crippen LogP contribution < -0.4 is 0 Å². The topological polar surface area (TPSA) is 23.6 Å². The molecule has 0 heterocycles. The summed E-state index contributed by atoms with van der Waals surface area (Å²) in [4.78, 5) is 15.8. The molecule has 0 fully saturated rings. The Bertz CT molecular complexity index is 374. The molecule has 0 radical (unpaired) electrons. The van der Waals surface area contributed by atoms with Gasteiger partial charge in [-0.15, -0.1) is 0 Å². The van der Waals surface area contributed by atoms with Crippen LogP contribution in [0.5, 0.6) is 0 Å². The summed E-state index contributed by atoms with van der Waals surface area (Å²) in [5, 5.41) is 0. The molecule has 3 nitrogen and oxygen atoms in total. The molecule has 0 saturated heterocycles. The number of carbonyl (C=O) groups excluding carboxylic acids is 1. The normalized spacial score (nSPS) is 12.8. The van der Waals surface area contributed by atoms with Gasteiger partial charge in [0.15, 0.2) is 0 Å². The molecule has 0 aliphatic rings. The van der Waals surface area contributed by atoms with Gasteiger partial charge in [-0.2, -0.15) is 0 Å². The first-order valence-electron chi connectivity index (χ1n) is 10.4. The third kappa shape index (κ3) is 8.83. The number of likely N-dealkylation sites (N-methyl/N-ethyl adjacent to an activating group) is 1. The Morgan fingerprint density at radius 3 is 1.64 bits per heavy atom. The van der Waals surface area contributed by atoms with Gasteiger partial charge in [-0.05, 0) is 0 Å². The van der Waals surface area contributed by atoms with E-state index in [0.717, 1.165) is 0 Å². The van der Waals surface area contributed by atoms with Gasteiger partial charge in [0, 0.05) is 0 Å². The summed E-state index contributed by atoms with van der Waals surface area (Å²) in [6.07, 6.45) is 8.07. The van der Waals surface area contributed by atoms with Gasteiger partial charge in [0.2, 0.25) is 0 Å². The van der Waals surface area contributed by atoms with Crippen LogP contribution in [-0.2, 0) is 0 Å². The molecule has 0 aliphatic carbocycles. The molecule has 1 unspecified atom stereocenters. The fourth-order valence-electron chi connectivity index (χ4n) is 3.68. The van der Waals surface area contributed by atoms with E-state index in [1.54, 1.807) is 4.90 Å². The molecule has 1 atom stereocenters. The molecule has 0 spiro atoms. The van der Waals surface area contributed by atoms with Crippen molar-refractivity contribution in [3.8, 4) is 0 Å². The van der Waals surface area contributed by atoms with Crippen molar-refractivity contribution >= 4 is 24.4 Å². The molecule has 0 bridgehead atoms. The molecule has 0 aromatic heterocycles. The van der Waals surface area contributed by atoms with E-state index in [9.17, 15) is 4.79 Å². The summed E-state index contributed by atoms with van der Waals surface area (Å²) >= 11 is -2.22. The molecule has 0 aromatic carbocycles. The van der Waals surface area contributed by atoms with E-state index >= 15 is 0 Å². The molecular formula is C21H44N2OSn. The Hall–Kier alpha value is -0.191. The SMILES string of the molecule is C=C([CH2][Sn]([CH2]CCC)([CH2]CCC)[CH2]CCC)C(C)N(C)C(=O)N(C)C. The number of hydrogen-bond acceptors (Lipinski definition) is 1. The monoisotopic (exact) mass is 460 g/mol. The zero-order chi connectivity index (χ0) is 19.5. The van der Waals surface area contributed by atoms with Crippen LogP contribution >= 0.6 is 0 Å². The molecule has 0 aromatic rings. The molecule has 0 rings (SSSR count).